The van der Waals surface area contributed by atoms with Gasteiger partial charge in [0, 0.05) is 12.1 Å². The number of imidazole rings is 1. The van der Waals surface area contributed by atoms with E-state index in [9.17, 15) is 9.90 Å². The zero-order valence-corrected chi connectivity index (χ0v) is 14.0. The molecule has 1 aromatic heterocycles. The molecule has 24 heavy (non-hydrogen) atoms. The van der Waals surface area contributed by atoms with E-state index in [1.54, 1.807) is 33.4 Å². The van der Waals surface area contributed by atoms with Crippen molar-refractivity contribution in [3.05, 3.63) is 58.7 Å². The van der Waals surface area contributed by atoms with Gasteiger partial charge in [-0.05, 0) is 12.1 Å². The smallest absolute Gasteiger partial charge is 0.203 e. The summed E-state index contributed by atoms with van der Waals surface area (Å²) < 4.78 is 3.25. The summed E-state index contributed by atoms with van der Waals surface area (Å²) in [4.78, 5) is 12.6. The molecular weight excluding hydrogens is 324 g/mol. The molecule has 3 aromatic rings. The molecule has 5 nitrogen and oxygen atoms in total. The number of Topliss-reactive ketones (excluding diaryl/α,β-unsaturated/α-hetero) is 1. The van der Waals surface area contributed by atoms with Crippen LogP contribution in [-0.2, 0) is 13.1 Å². The lowest BCUT2D eigenvalue weighted by Gasteiger charge is -2.05. The number of nitrogens with one attached hydrogen (secondary N) is 1. The Bertz CT molecular complexity index is 960. The first-order valence-corrected chi connectivity index (χ1v) is 8.03. The molecule has 0 saturated heterocycles. The van der Waals surface area contributed by atoms with Crippen molar-refractivity contribution in [2.24, 2.45) is 0 Å². The van der Waals surface area contributed by atoms with Crippen LogP contribution in [0.5, 0.6) is 0 Å². The molecule has 0 aliphatic heterocycles. The van der Waals surface area contributed by atoms with Crippen LogP contribution in [0.15, 0.2) is 42.5 Å². The van der Waals surface area contributed by atoms with E-state index in [4.69, 9.17) is 17.0 Å². The van der Waals surface area contributed by atoms with E-state index < -0.39 is 0 Å². The van der Waals surface area contributed by atoms with Gasteiger partial charge in [-0.1, -0.05) is 47.4 Å². The molecule has 0 fully saturated rings. The maximum atomic E-state index is 12.6. The molecule has 2 aromatic carbocycles. The summed E-state index contributed by atoms with van der Waals surface area (Å²) in [5, 5.41) is 18.1. The van der Waals surface area contributed by atoms with Crippen LogP contribution in [0.2, 0.25) is 5.02 Å². The fraction of sp³-hybridized carbons (Fsp3) is 0.176. The van der Waals surface area contributed by atoms with Gasteiger partial charge in [-0.2, -0.15) is 0 Å². The highest BCUT2D eigenvalue weighted by molar-refractivity contribution is 6.35. The zero-order chi connectivity index (χ0) is 17.3. The molecule has 0 amide bonds. The van der Waals surface area contributed by atoms with Crippen molar-refractivity contribution in [2.45, 2.75) is 13.1 Å². The Labute approximate surface area is 145 Å². The molecule has 0 aliphatic carbocycles. The van der Waals surface area contributed by atoms with E-state index in [-0.39, 0.29) is 31.1 Å². The number of aliphatic hydroxyl groups excluding tert-OH is 1. The number of aliphatic hydroxyl groups is 1. The van der Waals surface area contributed by atoms with Crippen molar-refractivity contribution < 1.29 is 9.90 Å². The highest BCUT2D eigenvalue weighted by atomic mass is 35.5. The van der Waals surface area contributed by atoms with Gasteiger partial charge in [-0.15, -0.1) is 0 Å². The maximum absolute atomic E-state index is 12.6. The van der Waals surface area contributed by atoms with Gasteiger partial charge < -0.3 is 14.2 Å². The SMILES string of the molecule is Bc1ccc(C(=O)Cn2c(=N)n(CCO)c3c(Cl)cccc32)cc1. The van der Waals surface area contributed by atoms with Crippen LogP contribution in [0.4, 0.5) is 0 Å². The summed E-state index contributed by atoms with van der Waals surface area (Å²) in [6.45, 7) is 0.203. The third-order valence-electron chi connectivity index (χ3n) is 4.04. The minimum Gasteiger partial charge on any atom is -0.395 e. The van der Waals surface area contributed by atoms with E-state index in [1.807, 2.05) is 26.0 Å². The standard InChI is InChI=1S/C17H17BClN3O2/c18-12-6-4-11(5-7-12)15(24)10-22-14-3-1-2-13(19)16(14)21(8-9-23)17(22)20/h1-7,20,23H,8-10,18H2. The minimum absolute atomic E-state index is 0.0527. The van der Waals surface area contributed by atoms with Gasteiger partial charge in [0.25, 0.3) is 0 Å². The largest absolute Gasteiger partial charge is 0.395 e. The Morgan fingerprint density at radius 2 is 1.88 bits per heavy atom. The van der Waals surface area contributed by atoms with Crippen molar-refractivity contribution in [3.8, 4) is 0 Å². The third kappa shape index (κ3) is 2.90. The number of carbonyl (C=O) groups excluding carboxylic acids is 1. The van der Waals surface area contributed by atoms with Crippen molar-refractivity contribution >= 4 is 41.7 Å². The average Bonchev–Trinajstić information content (AvgIpc) is 2.83. The maximum Gasteiger partial charge on any atom is 0.203 e. The van der Waals surface area contributed by atoms with E-state index in [2.05, 4.69) is 0 Å². The van der Waals surface area contributed by atoms with E-state index in [0.29, 0.717) is 21.6 Å². The third-order valence-corrected chi connectivity index (χ3v) is 4.34. The van der Waals surface area contributed by atoms with Crippen molar-refractivity contribution in [1.82, 2.24) is 9.13 Å². The number of aromatic nitrogens is 2. The molecule has 7 heteroatoms. The van der Waals surface area contributed by atoms with Crippen molar-refractivity contribution in [1.29, 1.82) is 5.41 Å². The second-order valence-corrected chi connectivity index (χ2v) is 6.09. The number of carbonyl (C=O) groups is 1. The van der Waals surface area contributed by atoms with Gasteiger partial charge in [0.2, 0.25) is 5.62 Å². The van der Waals surface area contributed by atoms with Crippen molar-refractivity contribution in [2.75, 3.05) is 6.61 Å². The van der Waals surface area contributed by atoms with Gasteiger partial charge in [-0.25, -0.2) is 0 Å². The van der Waals surface area contributed by atoms with E-state index >= 15 is 0 Å². The number of ketones is 1. The topological polar surface area (TPSA) is 71.0 Å². The van der Waals surface area contributed by atoms with Crippen LogP contribution in [0.3, 0.4) is 0 Å². The van der Waals surface area contributed by atoms with E-state index in [1.165, 1.54) is 0 Å². The van der Waals surface area contributed by atoms with Crippen LogP contribution >= 0.6 is 11.6 Å². The average molecular weight is 342 g/mol. The highest BCUT2D eigenvalue weighted by Gasteiger charge is 2.16. The summed E-state index contributed by atoms with van der Waals surface area (Å²) in [6.07, 6.45) is 0. The molecule has 0 spiro atoms. The molecule has 0 unspecified atom stereocenters. The van der Waals surface area contributed by atoms with Crippen LogP contribution in [0.25, 0.3) is 11.0 Å². The van der Waals surface area contributed by atoms with Crippen LogP contribution in [0, 0.1) is 5.41 Å². The Hall–Kier alpha value is -2.31. The molecular formula is C17H17BClN3O2. The Kier molecular flexibility index (Phi) is 4.60. The fourth-order valence-corrected chi connectivity index (χ4v) is 3.08. The molecule has 3 rings (SSSR count). The van der Waals surface area contributed by atoms with Crippen LogP contribution in [0.1, 0.15) is 10.4 Å². The number of benzene rings is 2. The van der Waals surface area contributed by atoms with Crippen molar-refractivity contribution in [3.63, 3.8) is 0 Å². The lowest BCUT2D eigenvalue weighted by Crippen LogP contribution is -2.28. The summed E-state index contributed by atoms with van der Waals surface area (Å²) in [7, 11) is 1.97. The summed E-state index contributed by atoms with van der Waals surface area (Å²) in [6, 6.07) is 12.7. The van der Waals surface area contributed by atoms with Crippen LogP contribution in [-0.4, -0.2) is 34.5 Å². The highest BCUT2D eigenvalue weighted by Crippen LogP contribution is 2.22. The summed E-state index contributed by atoms with van der Waals surface area (Å²) in [5.74, 6) is -0.0727. The second kappa shape index (κ2) is 6.67. The summed E-state index contributed by atoms with van der Waals surface area (Å²) in [5.41, 5.74) is 3.22. The Morgan fingerprint density at radius 1 is 1.17 bits per heavy atom. The monoisotopic (exact) mass is 341 g/mol. The molecule has 0 radical (unpaired) electrons. The van der Waals surface area contributed by atoms with Gasteiger partial charge in [-0.3, -0.25) is 10.2 Å². The number of rotatable bonds is 5. The van der Waals surface area contributed by atoms with Crippen LogP contribution < -0.4 is 11.1 Å². The zero-order valence-electron chi connectivity index (χ0n) is 13.3. The molecule has 1 heterocycles. The number of hydrogen-bond donors (Lipinski definition) is 2. The number of nitrogens with zero attached hydrogens (tertiary/aromatic N) is 2. The molecule has 0 atom stereocenters. The molecule has 0 aliphatic rings. The normalized spacial score (nSPS) is 11.1. The minimum atomic E-state index is -0.104. The fourth-order valence-electron chi connectivity index (χ4n) is 2.81. The number of hydrogen-bond acceptors (Lipinski definition) is 3. The van der Waals surface area contributed by atoms with Gasteiger partial charge in [0.05, 0.1) is 29.2 Å². The molecule has 122 valence electrons. The summed E-state index contributed by atoms with van der Waals surface area (Å²) >= 11 is 6.27. The Morgan fingerprint density at radius 3 is 2.54 bits per heavy atom. The number of halogens is 1. The predicted octanol–water partition coefficient (Wildman–Crippen LogP) is 0.709. The molecule has 0 saturated carbocycles. The van der Waals surface area contributed by atoms with Gasteiger partial charge in [0.1, 0.15) is 7.85 Å². The quantitative estimate of drug-likeness (QED) is 0.530. The Balaban J connectivity index is 2.08. The first kappa shape index (κ1) is 16.5. The lowest BCUT2D eigenvalue weighted by atomic mass is 9.94. The lowest BCUT2D eigenvalue weighted by molar-refractivity contribution is 0.0971. The van der Waals surface area contributed by atoms with E-state index in [0.717, 1.165) is 5.46 Å². The first-order chi connectivity index (χ1) is 11.5. The van der Waals surface area contributed by atoms with Gasteiger partial charge >= 0.3 is 0 Å². The first-order valence-electron chi connectivity index (χ1n) is 7.66. The molecule has 2 N–H and O–H groups in total. The molecule has 0 bridgehead atoms. The second-order valence-electron chi connectivity index (χ2n) is 5.68. The predicted molar refractivity (Wildman–Crippen MR) is 96.8 cm³/mol. The number of fused-ring (bicyclic) bond motifs is 1. The van der Waals surface area contributed by atoms with Gasteiger partial charge in [0.15, 0.2) is 5.78 Å². The number of para-hydroxylation sites is 1.